The summed E-state index contributed by atoms with van der Waals surface area (Å²) in [6.45, 7) is 4.04. The van der Waals surface area contributed by atoms with E-state index in [1.807, 2.05) is 26.2 Å². The minimum absolute atomic E-state index is 0.135. The van der Waals surface area contributed by atoms with Crippen molar-refractivity contribution in [3.8, 4) is 0 Å². The summed E-state index contributed by atoms with van der Waals surface area (Å²) in [7, 11) is 4.10. The molecule has 1 rings (SSSR count). The Balaban J connectivity index is 2.55. The molecular weight excluding hydrogens is 292 g/mol. The molecule has 0 saturated heterocycles. The van der Waals surface area contributed by atoms with Crippen LogP contribution in [0.4, 0.5) is 0 Å². The maximum Gasteiger partial charge on any atom is 0.0613 e. The van der Waals surface area contributed by atoms with Crippen molar-refractivity contribution in [3.05, 3.63) is 34.3 Å². The maximum absolute atomic E-state index is 9.58. The quantitative estimate of drug-likeness (QED) is 0.807. The zero-order valence-electron chi connectivity index (χ0n) is 11.4. The topological polar surface area (TPSA) is 35.5 Å². The molecule has 3 nitrogen and oxygen atoms in total. The van der Waals surface area contributed by atoms with Gasteiger partial charge in [-0.05, 0) is 45.1 Å². The highest BCUT2D eigenvalue weighted by Gasteiger charge is 2.22. The van der Waals surface area contributed by atoms with Gasteiger partial charge in [-0.1, -0.05) is 28.1 Å². The second-order valence-corrected chi connectivity index (χ2v) is 6.17. The minimum atomic E-state index is -0.260. The number of aliphatic hydroxyl groups excluding tert-OH is 1. The molecule has 18 heavy (non-hydrogen) atoms. The van der Waals surface area contributed by atoms with Gasteiger partial charge in [-0.15, -0.1) is 0 Å². The van der Waals surface area contributed by atoms with Crippen LogP contribution < -0.4 is 5.32 Å². The summed E-state index contributed by atoms with van der Waals surface area (Å²) in [5, 5.41) is 13.0. The number of nitrogens with one attached hydrogen (secondary N) is 1. The van der Waals surface area contributed by atoms with Crippen LogP contribution in [0.15, 0.2) is 28.7 Å². The van der Waals surface area contributed by atoms with Crippen molar-refractivity contribution >= 4 is 15.9 Å². The molecule has 1 aromatic rings. The Hall–Kier alpha value is -0.420. The van der Waals surface area contributed by atoms with Gasteiger partial charge in [0.15, 0.2) is 0 Å². The molecule has 1 atom stereocenters. The predicted octanol–water partition coefficient (Wildman–Crippen LogP) is 1.89. The van der Waals surface area contributed by atoms with Crippen LogP contribution in [-0.2, 0) is 6.42 Å². The first-order valence-corrected chi connectivity index (χ1v) is 6.99. The van der Waals surface area contributed by atoms with E-state index in [4.69, 9.17) is 0 Å². The summed E-state index contributed by atoms with van der Waals surface area (Å²) >= 11 is 3.43. The van der Waals surface area contributed by atoms with Gasteiger partial charge >= 0.3 is 0 Å². The fourth-order valence-electron chi connectivity index (χ4n) is 1.81. The van der Waals surface area contributed by atoms with Crippen LogP contribution in [0.2, 0.25) is 0 Å². The average Bonchev–Trinajstić information content (AvgIpc) is 2.32. The third-order valence-corrected chi connectivity index (χ3v) is 3.50. The van der Waals surface area contributed by atoms with E-state index in [0.29, 0.717) is 0 Å². The molecule has 0 amide bonds. The second kappa shape index (κ2) is 7.24. The molecule has 0 aliphatic carbocycles. The zero-order valence-corrected chi connectivity index (χ0v) is 13.0. The van der Waals surface area contributed by atoms with Crippen molar-refractivity contribution in [2.24, 2.45) is 0 Å². The number of hydrogen-bond donors (Lipinski definition) is 2. The molecule has 0 fully saturated rings. The van der Waals surface area contributed by atoms with Crippen LogP contribution in [-0.4, -0.2) is 49.3 Å². The number of halogens is 1. The summed E-state index contributed by atoms with van der Waals surface area (Å²) < 4.78 is 1.08. The number of rotatable bonds is 7. The molecule has 0 radical (unpaired) electrons. The van der Waals surface area contributed by atoms with Crippen molar-refractivity contribution < 1.29 is 5.11 Å². The predicted molar refractivity (Wildman–Crippen MR) is 79.9 cm³/mol. The van der Waals surface area contributed by atoms with Gasteiger partial charge in [-0.3, -0.25) is 0 Å². The molecular formula is C14H23BrN2O. The van der Waals surface area contributed by atoms with E-state index < -0.39 is 0 Å². The largest absolute Gasteiger partial charge is 0.394 e. The van der Waals surface area contributed by atoms with Gasteiger partial charge in [-0.2, -0.15) is 0 Å². The molecule has 0 aliphatic heterocycles. The Labute approximate surface area is 118 Å². The van der Waals surface area contributed by atoms with Gasteiger partial charge in [0.2, 0.25) is 0 Å². The van der Waals surface area contributed by atoms with Gasteiger partial charge in [0.05, 0.1) is 6.61 Å². The number of aliphatic hydroxyl groups is 1. The van der Waals surface area contributed by atoms with Crippen molar-refractivity contribution in [1.82, 2.24) is 10.2 Å². The van der Waals surface area contributed by atoms with Crippen LogP contribution in [0.25, 0.3) is 0 Å². The first kappa shape index (κ1) is 15.6. The summed E-state index contributed by atoms with van der Waals surface area (Å²) in [4.78, 5) is 2.13. The molecule has 1 unspecified atom stereocenters. The van der Waals surface area contributed by atoms with Crippen LogP contribution >= 0.6 is 15.9 Å². The van der Waals surface area contributed by atoms with Crippen LogP contribution in [0.1, 0.15) is 12.5 Å². The molecule has 0 bridgehead atoms. The van der Waals surface area contributed by atoms with E-state index in [2.05, 4.69) is 45.2 Å². The Morgan fingerprint density at radius 2 is 1.89 bits per heavy atom. The number of likely N-dealkylation sites (N-methyl/N-ethyl adjacent to an activating group) is 1. The first-order valence-electron chi connectivity index (χ1n) is 6.20. The van der Waals surface area contributed by atoms with Gasteiger partial charge in [0.25, 0.3) is 0 Å². The maximum atomic E-state index is 9.58. The second-order valence-electron chi connectivity index (χ2n) is 5.25. The molecule has 0 heterocycles. The third kappa shape index (κ3) is 5.48. The van der Waals surface area contributed by atoms with E-state index in [0.717, 1.165) is 24.0 Å². The van der Waals surface area contributed by atoms with Gasteiger partial charge < -0.3 is 15.3 Å². The SMILES string of the molecule is CN(C)CCNC(C)(CO)Cc1ccc(Br)cc1. The van der Waals surface area contributed by atoms with E-state index in [-0.39, 0.29) is 12.1 Å². The Morgan fingerprint density at radius 3 is 2.39 bits per heavy atom. The van der Waals surface area contributed by atoms with Crippen molar-refractivity contribution in [1.29, 1.82) is 0 Å². The Bertz CT molecular complexity index is 353. The van der Waals surface area contributed by atoms with E-state index >= 15 is 0 Å². The lowest BCUT2D eigenvalue weighted by atomic mass is 9.93. The fourth-order valence-corrected chi connectivity index (χ4v) is 2.07. The van der Waals surface area contributed by atoms with Gasteiger partial charge in [0, 0.05) is 23.1 Å². The lowest BCUT2D eigenvalue weighted by Crippen LogP contribution is -2.49. The summed E-state index contributed by atoms with van der Waals surface area (Å²) in [5.74, 6) is 0. The molecule has 0 aliphatic rings. The molecule has 0 spiro atoms. The number of nitrogens with zero attached hydrogens (tertiary/aromatic N) is 1. The smallest absolute Gasteiger partial charge is 0.0613 e. The van der Waals surface area contributed by atoms with E-state index in [9.17, 15) is 5.11 Å². The van der Waals surface area contributed by atoms with Crippen molar-refractivity contribution in [2.45, 2.75) is 18.9 Å². The lowest BCUT2D eigenvalue weighted by Gasteiger charge is -2.29. The zero-order chi connectivity index (χ0) is 13.6. The Morgan fingerprint density at radius 1 is 1.28 bits per heavy atom. The van der Waals surface area contributed by atoms with Crippen LogP contribution in [0, 0.1) is 0 Å². The highest BCUT2D eigenvalue weighted by atomic mass is 79.9. The van der Waals surface area contributed by atoms with Gasteiger partial charge in [0.1, 0.15) is 0 Å². The summed E-state index contributed by atoms with van der Waals surface area (Å²) in [5.41, 5.74) is 0.969. The summed E-state index contributed by atoms with van der Waals surface area (Å²) in [6.07, 6.45) is 0.824. The normalized spacial score (nSPS) is 14.8. The highest BCUT2D eigenvalue weighted by molar-refractivity contribution is 9.10. The summed E-state index contributed by atoms with van der Waals surface area (Å²) in [6, 6.07) is 8.25. The van der Waals surface area contributed by atoms with Gasteiger partial charge in [-0.25, -0.2) is 0 Å². The number of hydrogen-bond acceptors (Lipinski definition) is 3. The Kier molecular flexibility index (Phi) is 6.29. The lowest BCUT2D eigenvalue weighted by molar-refractivity contribution is 0.170. The molecule has 1 aromatic carbocycles. The average molecular weight is 315 g/mol. The standard InChI is InChI=1S/C14H23BrN2O/c1-14(11-18,16-8-9-17(2)3)10-12-4-6-13(15)7-5-12/h4-7,16,18H,8-11H2,1-3H3. The van der Waals surface area contributed by atoms with Crippen LogP contribution in [0.5, 0.6) is 0 Å². The monoisotopic (exact) mass is 314 g/mol. The van der Waals surface area contributed by atoms with Crippen molar-refractivity contribution in [2.75, 3.05) is 33.8 Å². The molecule has 4 heteroatoms. The number of benzene rings is 1. The fraction of sp³-hybridized carbons (Fsp3) is 0.571. The van der Waals surface area contributed by atoms with Crippen molar-refractivity contribution in [3.63, 3.8) is 0 Å². The first-order chi connectivity index (χ1) is 8.45. The molecule has 0 saturated carbocycles. The van der Waals surface area contributed by atoms with Crippen LogP contribution in [0.3, 0.4) is 0 Å². The highest BCUT2D eigenvalue weighted by Crippen LogP contribution is 2.16. The molecule has 102 valence electrons. The van der Waals surface area contributed by atoms with E-state index in [1.54, 1.807) is 0 Å². The third-order valence-electron chi connectivity index (χ3n) is 2.97. The van der Waals surface area contributed by atoms with E-state index in [1.165, 1.54) is 5.56 Å². The molecule has 0 aromatic heterocycles. The minimum Gasteiger partial charge on any atom is -0.394 e. The molecule has 2 N–H and O–H groups in total.